The van der Waals surface area contributed by atoms with Gasteiger partial charge in [-0.25, -0.2) is 14.7 Å². The fourth-order valence-electron chi connectivity index (χ4n) is 3.45. The molecule has 158 valence electrons. The molecule has 7 nitrogen and oxygen atoms in total. The van der Waals surface area contributed by atoms with Crippen LogP contribution in [0.4, 0.5) is 10.5 Å². The van der Waals surface area contributed by atoms with Crippen molar-refractivity contribution in [2.75, 3.05) is 12.0 Å². The van der Waals surface area contributed by atoms with Gasteiger partial charge >= 0.3 is 12.0 Å². The molecule has 1 aromatic carbocycles. The fourth-order valence-corrected chi connectivity index (χ4v) is 3.65. The van der Waals surface area contributed by atoms with Crippen LogP contribution >= 0.6 is 11.6 Å². The number of benzene rings is 1. The minimum absolute atomic E-state index is 0.226. The number of rotatable bonds is 5. The van der Waals surface area contributed by atoms with Gasteiger partial charge in [0, 0.05) is 12.7 Å². The molecule has 0 unspecified atom stereocenters. The van der Waals surface area contributed by atoms with Gasteiger partial charge in [0.05, 0.1) is 18.2 Å². The summed E-state index contributed by atoms with van der Waals surface area (Å²) in [5.74, 6) is -0.695. The number of carbonyl (C=O) groups excluding carboxylic acids is 3. The summed E-state index contributed by atoms with van der Waals surface area (Å²) in [5.41, 5.74) is 0.0633. The first-order valence-electron chi connectivity index (χ1n) is 9.45. The molecule has 1 saturated heterocycles. The number of ether oxygens (including phenoxy) is 1. The fraction of sp³-hybridized carbons (Fsp3) is 0.364. The molecule has 1 aliphatic rings. The number of halogens is 1. The molecule has 3 rings (SSSR count). The second-order valence-electron chi connectivity index (χ2n) is 8.22. The highest BCUT2D eigenvalue weighted by molar-refractivity contribution is 6.29. The van der Waals surface area contributed by atoms with Gasteiger partial charge in [-0.2, -0.15) is 0 Å². The zero-order valence-electron chi connectivity index (χ0n) is 17.6. The van der Waals surface area contributed by atoms with Crippen LogP contribution in [-0.2, 0) is 26.3 Å². The average molecular weight is 430 g/mol. The predicted molar refractivity (Wildman–Crippen MR) is 113 cm³/mol. The maximum Gasteiger partial charge on any atom is 0.332 e. The molecule has 8 heteroatoms. The van der Waals surface area contributed by atoms with Crippen LogP contribution in [0.3, 0.4) is 0 Å². The van der Waals surface area contributed by atoms with Gasteiger partial charge in [0.15, 0.2) is 0 Å². The minimum atomic E-state index is -1.03. The van der Waals surface area contributed by atoms with Crippen molar-refractivity contribution in [3.8, 4) is 0 Å². The second kappa shape index (κ2) is 7.72. The lowest BCUT2D eigenvalue weighted by molar-refractivity contribution is -0.146. The summed E-state index contributed by atoms with van der Waals surface area (Å²) < 4.78 is 4.86. The lowest BCUT2D eigenvalue weighted by Gasteiger charge is -2.27. The molecule has 0 aliphatic carbocycles. The number of anilines is 1. The van der Waals surface area contributed by atoms with E-state index in [1.54, 1.807) is 70.3 Å². The van der Waals surface area contributed by atoms with Crippen LogP contribution < -0.4 is 4.90 Å². The maximum absolute atomic E-state index is 13.2. The van der Waals surface area contributed by atoms with E-state index in [1.165, 1.54) is 12.0 Å². The van der Waals surface area contributed by atoms with Crippen LogP contribution in [0.25, 0.3) is 0 Å². The third kappa shape index (κ3) is 3.65. The lowest BCUT2D eigenvalue weighted by Crippen LogP contribution is -2.43. The molecular weight excluding hydrogens is 406 g/mol. The minimum Gasteiger partial charge on any atom is -0.468 e. The van der Waals surface area contributed by atoms with Gasteiger partial charge in [0.25, 0.3) is 5.91 Å². The Bertz CT molecular complexity index is 1000. The molecule has 0 N–H and O–H groups in total. The maximum atomic E-state index is 13.2. The number of pyridine rings is 1. The smallest absolute Gasteiger partial charge is 0.332 e. The first-order chi connectivity index (χ1) is 14.0. The molecule has 2 aromatic rings. The lowest BCUT2D eigenvalue weighted by atomic mass is 9.84. The van der Waals surface area contributed by atoms with Gasteiger partial charge in [0.2, 0.25) is 0 Å². The van der Waals surface area contributed by atoms with Crippen molar-refractivity contribution in [3.63, 3.8) is 0 Å². The first-order valence-corrected chi connectivity index (χ1v) is 9.83. The summed E-state index contributed by atoms with van der Waals surface area (Å²) in [6, 6.07) is 9.79. The van der Waals surface area contributed by atoms with E-state index in [0.717, 1.165) is 16.0 Å². The van der Waals surface area contributed by atoms with Crippen LogP contribution in [0.1, 0.15) is 38.8 Å². The van der Waals surface area contributed by atoms with Crippen molar-refractivity contribution >= 4 is 35.2 Å². The molecule has 0 spiro atoms. The van der Waals surface area contributed by atoms with Gasteiger partial charge in [0.1, 0.15) is 10.7 Å². The summed E-state index contributed by atoms with van der Waals surface area (Å²) in [7, 11) is 1.34. The van der Waals surface area contributed by atoms with Crippen LogP contribution in [0, 0.1) is 0 Å². The number of carbonyl (C=O) groups is 3. The number of amides is 3. The third-order valence-corrected chi connectivity index (χ3v) is 5.70. The van der Waals surface area contributed by atoms with Crippen molar-refractivity contribution in [3.05, 3.63) is 58.9 Å². The van der Waals surface area contributed by atoms with Crippen LogP contribution in [0.15, 0.2) is 42.6 Å². The van der Waals surface area contributed by atoms with E-state index >= 15 is 0 Å². The molecule has 1 aromatic heterocycles. The number of aromatic nitrogens is 1. The highest BCUT2D eigenvalue weighted by Crippen LogP contribution is 2.34. The van der Waals surface area contributed by atoms with Crippen LogP contribution in [0.2, 0.25) is 5.15 Å². The summed E-state index contributed by atoms with van der Waals surface area (Å²) in [6.45, 7) is 7.16. The molecule has 0 radical (unpaired) electrons. The topological polar surface area (TPSA) is 79.8 Å². The molecule has 0 bridgehead atoms. The number of imide groups is 1. The van der Waals surface area contributed by atoms with E-state index in [2.05, 4.69) is 4.98 Å². The van der Waals surface area contributed by atoms with Gasteiger partial charge in [-0.05, 0) is 63.1 Å². The normalized spacial score (nSPS) is 16.2. The third-order valence-electron chi connectivity index (χ3n) is 5.50. The largest absolute Gasteiger partial charge is 0.468 e. The van der Waals surface area contributed by atoms with E-state index in [0.29, 0.717) is 10.8 Å². The molecule has 2 heterocycles. The molecule has 30 heavy (non-hydrogen) atoms. The average Bonchev–Trinajstić information content (AvgIpc) is 2.87. The van der Waals surface area contributed by atoms with Crippen molar-refractivity contribution < 1.29 is 19.1 Å². The number of nitrogens with zero attached hydrogens (tertiary/aromatic N) is 3. The van der Waals surface area contributed by atoms with E-state index in [-0.39, 0.29) is 18.4 Å². The summed E-state index contributed by atoms with van der Waals surface area (Å²) in [4.78, 5) is 44.9. The van der Waals surface area contributed by atoms with Gasteiger partial charge < -0.3 is 9.64 Å². The zero-order valence-corrected chi connectivity index (χ0v) is 18.4. The molecular formula is C22H24ClN3O4. The molecule has 0 atom stereocenters. The number of hydrogen-bond acceptors (Lipinski definition) is 5. The predicted octanol–water partition coefficient (Wildman–Crippen LogP) is 3.93. The first kappa shape index (κ1) is 21.8. The van der Waals surface area contributed by atoms with Crippen molar-refractivity contribution in [2.24, 2.45) is 0 Å². The Balaban J connectivity index is 1.90. The Morgan fingerprint density at radius 1 is 1.17 bits per heavy atom. The van der Waals surface area contributed by atoms with Gasteiger partial charge in [-0.3, -0.25) is 9.59 Å². The Hall–Kier alpha value is -2.93. The molecule has 3 amide bonds. The summed E-state index contributed by atoms with van der Waals surface area (Å²) in [6.07, 6.45) is 1.56. The SMILES string of the molecule is COC(=O)C(C)(C)c1ccc(N2C(=O)N(Cc3ccnc(Cl)c3)C(C)(C)C2=O)cc1. The Morgan fingerprint density at radius 2 is 1.80 bits per heavy atom. The highest BCUT2D eigenvalue weighted by Gasteiger charge is 2.51. The second-order valence-corrected chi connectivity index (χ2v) is 8.61. The number of hydrogen-bond donors (Lipinski definition) is 0. The van der Waals surface area contributed by atoms with E-state index in [9.17, 15) is 14.4 Å². The molecule has 1 aliphatic heterocycles. The Kier molecular flexibility index (Phi) is 5.60. The monoisotopic (exact) mass is 429 g/mol. The van der Waals surface area contributed by atoms with E-state index in [1.807, 2.05) is 0 Å². The van der Waals surface area contributed by atoms with E-state index in [4.69, 9.17) is 16.3 Å². The zero-order chi connectivity index (χ0) is 22.3. The number of urea groups is 1. The number of esters is 1. The quantitative estimate of drug-likeness (QED) is 0.408. The summed E-state index contributed by atoms with van der Waals surface area (Å²) in [5, 5.41) is 0.323. The molecule has 0 saturated carbocycles. The molecule has 1 fully saturated rings. The highest BCUT2D eigenvalue weighted by atomic mass is 35.5. The van der Waals surface area contributed by atoms with E-state index < -0.39 is 17.0 Å². The van der Waals surface area contributed by atoms with Crippen molar-refractivity contribution in [1.29, 1.82) is 0 Å². The van der Waals surface area contributed by atoms with Gasteiger partial charge in [-0.1, -0.05) is 23.7 Å². The van der Waals surface area contributed by atoms with Crippen LogP contribution in [0.5, 0.6) is 0 Å². The Labute approximate surface area is 180 Å². The summed E-state index contributed by atoms with van der Waals surface area (Å²) >= 11 is 5.95. The standard InChI is InChI=1S/C22H24ClN3O4/c1-21(2,19(28)30-5)15-6-8-16(9-7-15)26-18(27)22(3,4)25(20(26)29)13-14-10-11-24-17(23)12-14/h6-12H,13H2,1-5H3. The van der Waals surface area contributed by atoms with Crippen molar-refractivity contribution in [2.45, 2.75) is 45.2 Å². The van der Waals surface area contributed by atoms with Crippen LogP contribution in [-0.4, -0.2) is 40.4 Å². The Morgan fingerprint density at radius 3 is 2.37 bits per heavy atom. The number of methoxy groups -OCH3 is 1. The van der Waals surface area contributed by atoms with Crippen molar-refractivity contribution in [1.82, 2.24) is 9.88 Å². The van der Waals surface area contributed by atoms with Gasteiger partial charge in [-0.15, -0.1) is 0 Å².